The first kappa shape index (κ1) is 15.6. The van der Waals surface area contributed by atoms with E-state index in [4.69, 9.17) is 11.6 Å². The Morgan fingerprint density at radius 2 is 1.76 bits per heavy atom. The van der Waals surface area contributed by atoms with Crippen molar-refractivity contribution in [1.82, 2.24) is 0 Å². The number of benzene rings is 2. The maximum absolute atomic E-state index is 12.6. The summed E-state index contributed by atoms with van der Waals surface area (Å²) in [5.74, 6) is 0.0247. The van der Waals surface area contributed by atoms with Crippen molar-refractivity contribution in [2.45, 2.75) is 26.7 Å². The average molecular weight is 302 g/mol. The first-order chi connectivity index (χ1) is 9.97. The Bertz CT molecular complexity index is 619. The van der Waals surface area contributed by atoms with Crippen LogP contribution in [0.15, 0.2) is 48.5 Å². The van der Waals surface area contributed by atoms with Gasteiger partial charge in [0.1, 0.15) is 0 Å². The molecule has 0 aliphatic heterocycles. The minimum atomic E-state index is -0.192. The van der Waals surface area contributed by atoms with Crippen molar-refractivity contribution in [3.8, 4) is 0 Å². The zero-order chi connectivity index (χ0) is 15.4. The van der Waals surface area contributed by atoms with Gasteiger partial charge < -0.3 is 5.32 Å². The molecule has 0 aliphatic carbocycles. The first-order valence-corrected chi connectivity index (χ1v) is 7.48. The van der Waals surface area contributed by atoms with Crippen molar-refractivity contribution in [3.63, 3.8) is 0 Å². The van der Waals surface area contributed by atoms with Gasteiger partial charge in [0, 0.05) is 10.7 Å². The number of rotatable bonds is 4. The summed E-state index contributed by atoms with van der Waals surface area (Å²) in [4.78, 5) is 12.6. The third kappa shape index (κ3) is 4.08. The van der Waals surface area contributed by atoms with Crippen molar-refractivity contribution in [3.05, 3.63) is 64.7 Å². The molecule has 110 valence electrons. The molecule has 0 bridgehead atoms. The molecule has 2 nitrogen and oxygen atoms in total. The van der Waals surface area contributed by atoms with Crippen LogP contribution >= 0.6 is 11.6 Å². The highest BCUT2D eigenvalue weighted by atomic mass is 35.5. The van der Waals surface area contributed by atoms with Crippen molar-refractivity contribution >= 4 is 23.2 Å². The van der Waals surface area contributed by atoms with Crippen LogP contribution in [0.3, 0.4) is 0 Å². The van der Waals surface area contributed by atoms with E-state index in [1.165, 1.54) is 0 Å². The van der Waals surface area contributed by atoms with E-state index in [0.717, 1.165) is 16.8 Å². The zero-order valence-corrected chi connectivity index (χ0v) is 13.3. The van der Waals surface area contributed by atoms with Crippen LogP contribution < -0.4 is 5.32 Å². The molecular weight excluding hydrogens is 282 g/mol. The SMILES string of the molecule is Cc1cccc(NC(=O)[C@@H](c2ccc(Cl)cc2)C(C)C)c1. The van der Waals surface area contributed by atoms with Gasteiger partial charge in [0.15, 0.2) is 0 Å². The molecule has 2 rings (SSSR count). The molecule has 1 atom stereocenters. The van der Waals surface area contributed by atoms with Crippen LogP contribution in [0.5, 0.6) is 0 Å². The van der Waals surface area contributed by atoms with E-state index in [-0.39, 0.29) is 17.7 Å². The molecule has 2 aromatic rings. The van der Waals surface area contributed by atoms with Crippen molar-refractivity contribution in [1.29, 1.82) is 0 Å². The topological polar surface area (TPSA) is 29.1 Å². The summed E-state index contributed by atoms with van der Waals surface area (Å²) in [6, 6.07) is 15.3. The lowest BCUT2D eigenvalue weighted by molar-refractivity contribution is -0.118. The van der Waals surface area contributed by atoms with Crippen LogP contribution in [-0.4, -0.2) is 5.91 Å². The molecule has 0 spiro atoms. The summed E-state index contributed by atoms with van der Waals surface area (Å²) in [7, 11) is 0. The Morgan fingerprint density at radius 1 is 1.10 bits per heavy atom. The van der Waals surface area contributed by atoms with Crippen molar-refractivity contribution in [2.24, 2.45) is 5.92 Å². The van der Waals surface area contributed by atoms with Gasteiger partial charge in [-0.25, -0.2) is 0 Å². The minimum Gasteiger partial charge on any atom is -0.326 e. The van der Waals surface area contributed by atoms with Gasteiger partial charge in [-0.1, -0.05) is 49.7 Å². The number of nitrogens with one attached hydrogen (secondary N) is 1. The maximum Gasteiger partial charge on any atom is 0.232 e. The fraction of sp³-hybridized carbons (Fsp3) is 0.278. The van der Waals surface area contributed by atoms with E-state index >= 15 is 0 Å². The first-order valence-electron chi connectivity index (χ1n) is 7.10. The number of anilines is 1. The van der Waals surface area contributed by atoms with Crippen LogP contribution in [0.4, 0.5) is 5.69 Å². The Kier molecular flexibility index (Phi) is 5.03. The van der Waals surface area contributed by atoms with Gasteiger partial charge in [-0.3, -0.25) is 4.79 Å². The van der Waals surface area contributed by atoms with E-state index in [0.29, 0.717) is 5.02 Å². The zero-order valence-electron chi connectivity index (χ0n) is 12.6. The van der Waals surface area contributed by atoms with E-state index < -0.39 is 0 Å². The summed E-state index contributed by atoms with van der Waals surface area (Å²) < 4.78 is 0. The summed E-state index contributed by atoms with van der Waals surface area (Å²) in [6.45, 7) is 6.11. The molecule has 0 heterocycles. The smallest absolute Gasteiger partial charge is 0.232 e. The second-order valence-electron chi connectivity index (χ2n) is 5.63. The van der Waals surface area contributed by atoms with Crippen LogP contribution in [-0.2, 0) is 4.79 Å². The maximum atomic E-state index is 12.6. The number of halogens is 1. The van der Waals surface area contributed by atoms with E-state index in [9.17, 15) is 4.79 Å². The summed E-state index contributed by atoms with van der Waals surface area (Å²) >= 11 is 5.92. The van der Waals surface area contributed by atoms with Gasteiger partial charge in [0.25, 0.3) is 0 Å². The number of aryl methyl sites for hydroxylation is 1. The summed E-state index contributed by atoms with van der Waals surface area (Å²) in [5.41, 5.74) is 2.94. The number of hydrogen-bond acceptors (Lipinski definition) is 1. The lowest BCUT2D eigenvalue weighted by atomic mass is 9.87. The standard InChI is InChI=1S/C18H20ClNO/c1-12(2)17(14-7-9-15(19)10-8-14)18(21)20-16-6-4-5-13(3)11-16/h4-12,17H,1-3H3,(H,20,21)/t17-/m1/s1. The molecular formula is C18H20ClNO. The number of hydrogen-bond donors (Lipinski definition) is 1. The Hall–Kier alpha value is -1.80. The fourth-order valence-corrected chi connectivity index (χ4v) is 2.58. The normalized spacial score (nSPS) is 12.2. The predicted octanol–water partition coefficient (Wildman–Crippen LogP) is 5.03. The highest BCUT2D eigenvalue weighted by Gasteiger charge is 2.24. The predicted molar refractivity (Wildman–Crippen MR) is 88.8 cm³/mol. The molecule has 0 aromatic heterocycles. The second-order valence-corrected chi connectivity index (χ2v) is 6.07. The highest BCUT2D eigenvalue weighted by Crippen LogP contribution is 2.27. The molecule has 0 saturated carbocycles. The lowest BCUT2D eigenvalue weighted by Gasteiger charge is -2.21. The molecule has 3 heteroatoms. The number of amides is 1. The molecule has 21 heavy (non-hydrogen) atoms. The Morgan fingerprint density at radius 3 is 2.33 bits per heavy atom. The van der Waals surface area contributed by atoms with Crippen LogP contribution in [0.2, 0.25) is 5.02 Å². The summed E-state index contributed by atoms with van der Waals surface area (Å²) in [5, 5.41) is 3.69. The molecule has 0 unspecified atom stereocenters. The van der Waals surface area contributed by atoms with Crippen molar-refractivity contribution in [2.75, 3.05) is 5.32 Å². The average Bonchev–Trinajstić information content (AvgIpc) is 2.41. The lowest BCUT2D eigenvalue weighted by Crippen LogP contribution is -2.25. The van der Waals surface area contributed by atoms with Gasteiger partial charge in [0.05, 0.1) is 5.92 Å². The van der Waals surface area contributed by atoms with E-state index in [1.807, 2.05) is 55.5 Å². The molecule has 0 fully saturated rings. The van der Waals surface area contributed by atoms with Gasteiger partial charge in [-0.15, -0.1) is 0 Å². The molecule has 0 saturated heterocycles. The van der Waals surface area contributed by atoms with Gasteiger partial charge >= 0.3 is 0 Å². The second kappa shape index (κ2) is 6.77. The monoisotopic (exact) mass is 301 g/mol. The molecule has 1 amide bonds. The van der Waals surface area contributed by atoms with E-state index in [1.54, 1.807) is 0 Å². The largest absolute Gasteiger partial charge is 0.326 e. The summed E-state index contributed by atoms with van der Waals surface area (Å²) in [6.07, 6.45) is 0. The molecule has 0 aliphatic rings. The quantitative estimate of drug-likeness (QED) is 0.843. The van der Waals surface area contributed by atoms with Gasteiger partial charge in [0.2, 0.25) is 5.91 Å². The Balaban J connectivity index is 2.22. The van der Waals surface area contributed by atoms with E-state index in [2.05, 4.69) is 19.2 Å². The van der Waals surface area contributed by atoms with Crippen LogP contribution in [0.1, 0.15) is 30.9 Å². The Labute approximate surface area is 131 Å². The van der Waals surface area contributed by atoms with Gasteiger partial charge in [-0.05, 0) is 48.2 Å². The van der Waals surface area contributed by atoms with Gasteiger partial charge in [-0.2, -0.15) is 0 Å². The third-order valence-electron chi connectivity index (χ3n) is 3.46. The number of carbonyl (C=O) groups is 1. The minimum absolute atomic E-state index is 0.0120. The molecule has 2 aromatic carbocycles. The van der Waals surface area contributed by atoms with Crippen molar-refractivity contribution < 1.29 is 4.79 Å². The third-order valence-corrected chi connectivity index (χ3v) is 3.72. The molecule has 1 N–H and O–H groups in total. The number of carbonyl (C=O) groups excluding carboxylic acids is 1. The molecule has 0 radical (unpaired) electrons. The fourth-order valence-electron chi connectivity index (χ4n) is 2.45. The highest BCUT2D eigenvalue weighted by molar-refractivity contribution is 6.30. The van der Waals surface area contributed by atoms with Crippen LogP contribution in [0.25, 0.3) is 0 Å². The van der Waals surface area contributed by atoms with Crippen LogP contribution in [0, 0.1) is 12.8 Å².